The van der Waals surface area contributed by atoms with Gasteiger partial charge in [-0.05, 0) is 90.7 Å². The molecule has 53 heavy (non-hydrogen) atoms. The third-order valence-electron chi connectivity index (χ3n) is 14.8. The molecule has 0 radical (unpaired) electrons. The van der Waals surface area contributed by atoms with Crippen LogP contribution < -0.4 is 4.74 Å². The van der Waals surface area contributed by atoms with Crippen molar-refractivity contribution in [3.8, 4) is 5.75 Å². The highest BCUT2D eigenvalue weighted by atomic mass is 16.6. The Morgan fingerprint density at radius 3 is 2.21 bits per heavy atom. The molecule has 272 valence electrons. The highest BCUT2D eigenvalue weighted by molar-refractivity contribution is 6.10. The van der Waals surface area contributed by atoms with Crippen LogP contribution in [0.1, 0.15) is 74.7 Å². The van der Waals surface area contributed by atoms with Gasteiger partial charge in [-0.3, -0.25) is 4.79 Å². The number of fused-ring (bicyclic) bond motifs is 2. The summed E-state index contributed by atoms with van der Waals surface area (Å²) in [7, 11) is 0. The van der Waals surface area contributed by atoms with Gasteiger partial charge in [-0.2, -0.15) is 0 Å². The van der Waals surface area contributed by atoms with Crippen LogP contribution in [0.4, 0.5) is 4.79 Å². The van der Waals surface area contributed by atoms with Gasteiger partial charge in [0.1, 0.15) is 5.75 Å². The number of ether oxygens (including phenoxy) is 1. The van der Waals surface area contributed by atoms with E-state index in [1.54, 1.807) is 4.90 Å². The molecule has 1 amide bonds. The molecule has 0 aliphatic heterocycles. The van der Waals surface area contributed by atoms with E-state index in [1.165, 1.54) is 0 Å². The predicted octanol–water partition coefficient (Wildman–Crippen LogP) is 9.31. The Labute approximate surface area is 312 Å². The molecule has 3 fully saturated rings. The lowest BCUT2D eigenvalue weighted by atomic mass is 9.32. The van der Waals surface area contributed by atoms with Crippen molar-refractivity contribution in [2.75, 3.05) is 6.54 Å². The molecule has 0 aromatic heterocycles. The minimum absolute atomic E-state index is 0.0222. The van der Waals surface area contributed by atoms with Crippen LogP contribution in [0.2, 0.25) is 0 Å². The third kappa shape index (κ3) is 5.05. The highest BCUT2D eigenvalue weighted by Gasteiger charge is 2.74. The summed E-state index contributed by atoms with van der Waals surface area (Å²) in [6, 6.07) is 33.1. The van der Waals surface area contributed by atoms with Crippen molar-refractivity contribution in [2.45, 2.75) is 77.0 Å². The Balaban J connectivity index is 1.09. The fourth-order valence-electron chi connectivity index (χ4n) is 12.0. The number of hydrogen-bond donors (Lipinski definition) is 2. The molecule has 6 aliphatic carbocycles. The van der Waals surface area contributed by atoms with E-state index in [4.69, 9.17) is 4.74 Å². The van der Waals surface area contributed by atoms with Crippen LogP contribution in [-0.2, 0) is 6.54 Å². The van der Waals surface area contributed by atoms with Crippen LogP contribution in [-0.4, -0.2) is 45.2 Å². The topological polar surface area (TPSA) is 87.1 Å². The Morgan fingerprint density at radius 2 is 1.43 bits per heavy atom. The largest absolute Gasteiger partial charge is 0.415 e. The van der Waals surface area contributed by atoms with Crippen molar-refractivity contribution in [2.24, 2.45) is 33.5 Å². The Morgan fingerprint density at radius 1 is 0.774 bits per heavy atom. The van der Waals surface area contributed by atoms with E-state index in [1.807, 2.05) is 103 Å². The number of Topliss-reactive ketones (excluding diaryl/α,β-unsaturated/α-hetero) is 1. The molecular weight excluding hydrogens is 659 g/mol. The molecule has 6 nitrogen and oxygen atoms in total. The van der Waals surface area contributed by atoms with E-state index in [2.05, 4.69) is 32.1 Å². The van der Waals surface area contributed by atoms with Crippen molar-refractivity contribution in [1.29, 1.82) is 0 Å². The third-order valence-corrected chi connectivity index (χ3v) is 14.8. The second kappa shape index (κ2) is 12.3. The van der Waals surface area contributed by atoms with Crippen molar-refractivity contribution in [1.82, 2.24) is 4.90 Å². The number of rotatable bonds is 7. The Hall–Kier alpha value is -4.52. The molecule has 0 heterocycles. The van der Waals surface area contributed by atoms with E-state index in [9.17, 15) is 19.8 Å². The summed E-state index contributed by atoms with van der Waals surface area (Å²) in [6.07, 6.45) is 11.2. The molecule has 2 bridgehead atoms. The van der Waals surface area contributed by atoms with Crippen LogP contribution in [0.3, 0.4) is 0 Å². The number of aliphatic hydroxyl groups is 2. The van der Waals surface area contributed by atoms with Crippen LogP contribution in [0, 0.1) is 33.5 Å². The van der Waals surface area contributed by atoms with Gasteiger partial charge in [0.25, 0.3) is 0 Å². The molecule has 1 unspecified atom stereocenters. The van der Waals surface area contributed by atoms with Crippen molar-refractivity contribution in [3.63, 3.8) is 0 Å². The summed E-state index contributed by atoms with van der Waals surface area (Å²) in [4.78, 5) is 30.7. The smallest absolute Gasteiger partial charge is 0.410 e. The summed E-state index contributed by atoms with van der Waals surface area (Å²) in [5.74, 6) is 0.683. The summed E-state index contributed by atoms with van der Waals surface area (Å²) in [6.45, 7) is 5.03. The number of carbonyl (C=O) groups excluding carboxylic acids is 2. The molecule has 2 N–H and O–H groups in total. The molecule has 2 spiro atoms. The lowest BCUT2D eigenvalue weighted by Gasteiger charge is -2.71. The quantitative estimate of drug-likeness (QED) is 0.148. The molecule has 4 aromatic carbocycles. The van der Waals surface area contributed by atoms with E-state index < -0.39 is 34.0 Å². The fraction of sp³-hybridized carbons (Fsp3) is 0.404. The number of aliphatic hydroxyl groups excluding tert-OH is 1. The van der Waals surface area contributed by atoms with Gasteiger partial charge in [0.15, 0.2) is 5.78 Å². The van der Waals surface area contributed by atoms with Crippen molar-refractivity contribution < 1.29 is 24.5 Å². The Bertz CT molecular complexity index is 2150. The van der Waals surface area contributed by atoms with Gasteiger partial charge < -0.3 is 19.8 Å². The van der Waals surface area contributed by atoms with E-state index >= 15 is 0 Å². The number of ketones is 1. The van der Waals surface area contributed by atoms with Gasteiger partial charge >= 0.3 is 6.09 Å². The molecule has 10 rings (SSSR count). The molecular formula is C47H49NO5. The first-order chi connectivity index (χ1) is 25.5. The van der Waals surface area contributed by atoms with Crippen LogP contribution >= 0.6 is 0 Å². The van der Waals surface area contributed by atoms with Gasteiger partial charge in [0, 0.05) is 33.9 Å². The number of hydrogen-bond acceptors (Lipinski definition) is 5. The van der Waals surface area contributed by atoms with Crippen molar-refractivity contribution in [3.05, 3.63) is 138 Å². The van der Waals surface area contributed by atoms with Gasteiger partial charge in [-0.25, -0.2) is 4.79 Å². The maximum absolute atomic E-state index is 14.8. The number of amides is 1. The van der Waals surface area contributed by atoms with Gasteiger partial charge in [-0.15, -0.1) is 0 Å². The number of nitrogens with zero attached hydrogens (tertiary/aromatic N) is 1. The highest BCUT2D eigenvalue weighted by Crippen LogP contribution is 2.78. The minimum atomic E-state index is -1.22. The molecule has 0 saturated heterocycles. The molecule has 6 aliphatic rings. The van der Waals surface area contributed by atoms with E-state index in [-0.39, 0.29) is 29.6 Å². The standard InChI is InChI=1S/C47H49NO5/c1-43-22-19-36(49)28-45(43)25-26-47(38(29-45)41(50)34-14-7-4-8-15-34)39(43)20-23-44(2)40(47)21-24-46(44,52)31-48(30-32-11-5-3-6-12-32)42(51)53-37-18-17-33-13-9-10-16-35(33)27-37/h3-18,25-27,29,36,39-40,49,52H,19-24,28,30-31H2,1-2H3/t36?,39-,40-,43-,44+,45+,46-,47-/m1/s1. The SMILES string of the molecule is C[C@]12CC[C@H]3[C@]4(C=C[C@@]5(C=C4C(=O)c4ccccc4)CC(O)CC[C@]35C)[C@@H]1CC[C@@]2(O)CN(Cc1ccccc1)C(=O)Oc1ccc2ccccc2c1. The molecule has 6 heteroatoms. The number of allylic oxidation sites excluding steroid dienone is 4. The maximum atomic E-state index is 14.8. The van der Waals surface area contributed by atoms with Gasteiger partial charge in [0.2, 0.25) is 0 Å². The van der Waals surface area contributed by atoms with Gasteiger partial charge in [-0.1, -0.05) is 123 Å². The van der Waals surface area contributed by atoms with Crippen LogP contribution in [0.15, 0.2) is 127 Å². The molecule has 8 atom stereocenters. The van der Waals surface area contributed by atoms with E-state index in [0.29, 0.717) is 30.7 Å². The average Bonchev–Trinajstić information content (AvgIpc) is 3.44. The predicted molar refractivity (Wildman–Crippen MR) is 206 cm³/mol. The lowest BCUT2D eigenvalue weighted by molar-refractivity contribution is -0.175. The minimum Gasteiger partial charge on any atom is -0.410 e. The monoisotopic (exact) mass is 707 g/mol. The number of benzene rings is 4. The van der Waals surface area contributed by atoms with Gasteiger partial charge in [0.05, 0.1) is 18.2 Å². The van der Waals surface area contributed by atoms with Crippen LogP contribution in [0.25, 0.3) is 10.8 Å². The van der Waals surface area contributed by atoms with Crippen LogP contribution in [0.5, 0.6) is 5.75 Å². The second-order valence-corrected chi connectivity index (χ2v) is 17.2. The average molecular weight is 708 g/mol. The Kier molecular flexibility index (Phi) is 7.92. The normalized spacial score (nSPS) is 35.2. The fourth-order valence-corrected chi connectivity index (χ4v) is 12.0. The zero-order valence-corrected chi connectivity index (χ0v) is 30.7. The molecule has 4 aromatic rings. The first-order valence-electron chi connectivity index (χ1n) is 19.4. The first kappa shape index (κ1) is 34.3. The summed E-state index contributed by atoms with van der Waals surface area (Å²) in [5.41, 5.74) is -0.431. The summed E-state index contributed by atoms with van der Waals surface area (Å²) in [5, 5.41) is 26.2. The summed E-state index contributed by atoms with van der Waals surface area (Å²) < 4.78 is 6.08. The lowest BCUT2D eigenvalue weighted by Crippen LogP contribution is -2.67. The zero-order valence-electron chi connectivity index (χ0n) is 30.7. The first-order valence-corrected chi connectivity index (χ1v) is 19.4. The van der Waals surface area contributed by atoms with E-state index in [0.717, 1.165) is 54.0 Å². The summed E-state index contributed by atoms with van der Waals surface area (Å²) >= 11 is 0. The number of carbonyl (C=O) groups is 2. The maximum Gasteiger partial charge on any atom is 0.415 e. The zero-order chi connectivity index (χ0) is 36.6. The molecule has 3 saturated carbocycles. The second-order valence-electron chi connectivity index (χ2n) is 17.2. The van der Waals surface area contributed by atoms with Crippen molar-refractivity contribution >= 4 is 22.6 Å².